The fourth-order valence-corrected chi connectivity index (χ4v) is 16.3. The van der Waals surface area contributed by atoms with E-state index in [1.54, 1.807) is 67.3 Å². The number of aromatic nitrogens is 10. The van der Waals surface area contributed by atoms with E-state index in [9.17, 15) is 28.8 Å². The molecule has 3 aromatic carbocycles. The number of aryl methyl sites for hydroxylation is 2. The average Bonchev–Trinajstić information content (AvgIpc) is 1.56. The summed E-state index contributed by atoms with van der Waals surface area (Å²) in [6.07, 6.45) is 10.0. The molecule has 11 aromatic heterocycles. The zero-order valence-corrected chi connectivity index (χ0v) is 62.2. The van der Waals surface area contributed by atoms with Gasteiger partial charge in [0.2, 0.25) is 16.3 Å². The van der Waals surface area contributed by atoms with Crippen molar-refractivity contribution in [1.29, 1.82) is 0 Å². The number of carbonyl (C=O) groups excluding carboxylic acids is 3. The first-order chi connectivity index (χ1) is 51.7. The summed E-state index contributed by atoms with van der Waals surface area (Å²) in [4.78, 5) is 115. The van der Waals surface area contributed by atoms with Crippen LogP contribution < -0.4 is 58.4 Å². The molecule has 0 radical (unpaired) electrons. The summed E-state index contributed by atoms with van der Waals surface area (Å²) in [5.74, 6) is 0.0407. The maximum absolute atomic E-state index is 13.7. The van der Waals surface area contributed by atoms with Gasteiger partial charge >= 0.3 is 11.9 Å². The summed E-state index contributed by atoms with van der Waals surface area (Å²) >= 11 is 10.2. The molecule has 7 N–H and O–H groups in total. The molecule has 14 heterocycles. The SMILES string of the molecule is C1CNCCNC1.CCOC(=O)c1c(=O)c2ccc(Cl)nc2n2c1sc1ccccc12.CCOC(=O)c1c(=O)c2ccc(N3CCCNCC3)nc2n2c1sc1ccccc12.Cc1cnc(CN)cn1.Cc1cnc(CNC(=O)c2c(=O)c3ccc(N4CCCNCC4)nc3n3c2sc2ccccc23)cn1. The van der Waals surface area contributed by atoms with Gasteiger partial charge in [-0.1, -0.05) is 48.0 Å². The Labute approximate surface area is 624 Å². The number of hydrogen-bond donors (Lipinski definition) is 6. The molecule has 3 aliphatic heterocycles. The highest BCUT2D eigenvalue weighted by molar-refractivity contribution is 7.25. The van der Waals surface area contributed by atoms with Crippen molar-refractivity contribution in [3.05, 3.63) is 209 Å². The van der Waals surface area contributed by atoms with Gasteiger partial charge in [0.25, 0.3) is 5.91 Å². The molecule has 3 saturated heterocycles. The summed E-state index contributed by atoms with van der Waals surface area (Å²) in [6, 6.07) is 33.9. The van der Waals surface area contributed by atoms with Crippen LogP contribution in [0.4, 0.5) is 11.6 Å². The number of benzene rings is 3. The Morgan fingerprint density at radius 2 is 0.887 bits per heavy atom. The number of nitrogens with one attached hydrogen (secondary N) is 5. The zero-order valence-electron chi connectivity index (χ0n) is 58.9. The third-order valence-corrected chi connectivity index (χ3v) is 21.5. The number of esters is 2. The van der Waals surface area contributed by atoms with E-state index in [1.807, 2.05) is 108 Å². The number of nitrogens with two attached hydrogens (primary N) is 1. The molecule has 0 aliphatic carbocycles. The van der Waals surface area contributed by atoms with Crippen LogP contribution in [0.2, 0.25) is 5.15 Å². The monoisotopic (exact) mass is 1500 g/mol. The number of para-hydroxylation sites is 3. The van der Waals surface area contributed by atoms with Gasteiger partial charge in [0.15, 0.2) is 16.9 Å². The van der Waals surface area contributed by atoms with Crippen molar-refractivity contribution in [1.82, 2.24) is 74.7 Å². The molecule has 0 unspecified atom stereocenters. The Balaban J connectivity index is 0.000000129. The lowest BCUT2D eigenvalue weighted by atomic mass is 10.1. The van der Waals surface area contributed by atoms with Crippen molar-refractivity contribution in [2.75, 3.05) is 102 Å². The van der Waals surface area contributed by atoms with Crippen LogP contribution in [0.5, 0.6) is 0 Å². The predicted octanol–water partition coefficient (Wildman–Crippen LogP) is 9.63. The van der Waals surface area contributed by atoms with Crippen LogP contribution in [0.25, 0.3) is 78.2 Å². The molecule has 17 rings (SSSR count). The van der Waals surface area contributed by atoms with Gasteiger partial charge in [0.1, 0.15) is 48.0 Å². The third-order valence-electron chi connectivity index (χ3n) is 17.8. The van der Waals surface area contributed by atoms with Crippen molar-refractivity contribution < 1.29 is 23.9 Å². The van der Waals surface area contributed by atoms with Crippen molar-refractivity contribution in [2.45, 2.75) is 60.0 Å². The van der Waals surface area contributed by atoms with Gasteiger partial charge in [-0.05, 0) is 146 Å². The van der Waals surface area contributed by atoms with Crippen LogP contribution in [0.3, 0.4) is 0 Å². The number of nitrogens with zero attached hydrogens (tertiary/aromatic N) is 12. The van der Waals surface area contributed by atoms with Crippen LogP contribution in [0, 0.1) is 13.8 Å². The van der Waals surface area contributed by atoms with Crippen LogP contribution in [0.1, 0.15) is 87.0 Å². The number of hydrogen-bond acceptors (Lipinski definition) is 25. The highest BCUT2D eigenvalue weighted by atomic mass is 35.5. The first-order valence-electron chi connectivity index (χ1n) is 35.2. The fourth-order valence-electron chi connectivity index (χ4n) is 12.7. The third kappa shape index (κ3) is 16.1. The van der Waals surface area contributed by atoms with Crippen molar-refractivity contribution >= 4 is 153 Å². The van der Waals surface area contributed by atoms with Gasteiger partial charge in [0.05, 0.1) is 95.5 Å². The summed E-state index contributed by atoms with van der Waals surface area (Å²) in [5.41, 5.74) is 12.0. The minimum atomic E-state index is -0.622. The van der Waals surface area contributed by atoms with Gasteiger partial charge in [-0.25, -0.2) is 24.5 Å². The van der Waals surface area contributed by atoms with Crippen LogP contribution in [0.15, 0.2) is 148 Å². The minimum absolute atomic E-state index is 0.0367. The van der Waals surface area contributed by atoms with E-state index < -0.39 is 17.8 Å². The second-order valence-electron chi connectivity index (χ2n) is 25.0. The van der Waals surface area contributed by atoms with E-state index in [1.165, 1.54) is 53.5 Å². The topological polar surface area (TPSA) is 317 Å². The maximum Gasteiger partial charge on any atom is 0.345 e. The van der Waals surface area contributed by atoms with Gasteiger partial charge in [-0.2, -0.15) is 0 Å². The van der Waals surface area contributed by atoms with E-state index in [-0.39, 0.29) is 57.9 Å². The largest absolute Gasteiger partial charge is 0.462 e. The summed E-state index contributed by atoms with van der Waals surface area (Å²) < 4.78 is 18.9. The number of rotatable bonds is 10. The van der Waals surface area contributed by atoms with E-state index in [4.69, 9.17) is 36.8 Å². The number of fused-ring (bicyclic) bond motifs is 15. The predicted molar refractivity (Wildman–Crippen MR) is 422 cm³/mol. The summed E-state index contributed by atoms with van der Waals surface area (Å²) in [5, 5.41) is 17.7. The molecule has 26 nitrogen and oxygen atoms in total. The van der Waals surface area contributed by atoms with Crippen molar-refractivity contribution in [3.8, 4) is 0 Å². The highest BCUT2D eigenvalue weighted by Gasteiger charge is 2.28. The molecule has 30 heteroatoms. The molecule has 0 atom stereocenters. The van der Waals surface area contributed by atoms with E-state index in [2.05, 4.69) is 61.3 Å². The minimum Gasteiger partial charge on any atom is -0.462 e. The Kier molecular flexibility index (Phi) is 23.9. The zero-order chi connectivity index (χ0) is 73.8. The van der Waals surface area contributed by atoms with Crippen LogP contribution >= 0.6 is 45.6 Å². The second kappa shape index (κ2) is 34.3. The van der Waals surface area contributed by atoms with Gasteiger partial charge < -0.3 is 51.6 Å². The summed E-state index contributed by atoms with van der Waals surface area (Å²) in [7, 11) is 0. The van der Waals surface area contributed by atoms with Gasteiger partial charge in [-0.3, -0.25) is 52.3 Å². The van der Waals surface area contributed by atoms with Crippen molar-refractivity contribution in [2.24, 2.45) is 5.73 Å². The standard InChI is InChI=1S/C26H25N7O2S.C22H22N4O3S.C17H11ClN2O3S.C6H9N3.C5H12N2/c1-16-13-29-17(14-28-16)15-30-25(35)22-23(34)18-7-8-21(32-11-4-9-27-10-12-32)31-24(18)33-19-5-2-3-6-20(19)36-26(22)33;1-2-29-22(28)18-19(27)14-8-9-17(25-12-5-10-23-11-13-25)24-20(14)26-15-6-3-4-7-16(15)30-21(18)26;1-2-23-17(22)13-14(21)9-7-8-12(18)19-15(9)20-10-5-3-4-6-11(10)24-16(13)20;1-5-3-9-6(2-7)4-8-5;1-2-6-4-5-7-3-1/h2-3,5-8,13-14,27H,4,9-12,15H2,1H3,(H,30,35);3-4,6-9,23H,2,5,10-13H2,1H3;3-8H,2H2,1H3;3-4H,2,7H2,1H3;6-7H,1-5H2. The first kappa shape index (κ1) is 74.0. The van der Waals surface area contributed by atoms with Crippen molar-refractivity contribution in [3.63, 3.8) is 0 Å². The molecule has 3 aliphatic rings. The highest BCUT2D eigenvalue weighted by Crippen LogP contribution is 2.35. The van der Waals surface area contributed by atoms with Crippen LogP contribution in [-0.2, 0) is 22.6 Å². The second-order valence-corrected chi connectivity index (χ2v) is 28.5. The molecule has 3 fully saturated rings. The number of carbonyl (C=O) groups is 3. The summed E-state index contributed by atoms with van der Waals surface area (Å²) in [6.45, 7) is 20.2. The lowest BCUT2D eigenvalue weighted by molar-refractivity contribution is 0.0517. The molecule has 0 spiro atoms. The Hall–Kier alpha value is -10.3. The van der Waals surface area contributed by atoms with E-state index in [0.717, 1.165) is 138 Å². The number of anilines is 2. The van der Waals surface area contributed by atoms with Gasteiger partial charge in [0, 0.05) is 77.5 Å². The molecular formula is C76H79ClN18O8S3. The Morgan fingerprint density at radius 3 is 1.33 bits per heavy atom. The first-order valence-corrected chi connectivity index (χ1v) is 38.0. The molecule has 1 amide bonds. The smallest absolute Gasteiger partial charge is 0.345 e. The Morgan fingerprint density at radius 1 is 0.481 bits per heavy atom. The van der Waals surface area contributed by atoms with Gasteiger partial charge in [-0.15, -0.1) is 34.0 Å². The fraction of sp³-hybridized carbons (Fsp3) is 0.303. The normalized spacial score (nSPS) is 14.1. The molecule has 106 heavy (non-hydrogen) atoms. The molecular weight excluding hydrogens is 1420 g/mol. The molecule has 546 valence electrons. The average molecular weight is 1500 g/mol. The quantitative estimate of drug-likeness (QED) is 0.0548. The van der Waals surface area contributed by atoms with E-state index in [0.29, 0.717) is 59.8 Å². The number of amides is 1. The molecule has 14 aromatic rings. The number of pyridine rings is 6. The van der Waals surface area contributed by atoms with Crippen LogP contribution in [-0.4, -0.2) is 158 Å². The molecule has 0 bridgehead atoms. The number of ether oxygens (including phenoxy) is 2. The molecule has 0 saturated carbocycles. The number of halogens is 1. The maximum atomic E-state index is 13.7. The van der Waals surface area contributed by atoms with E-state index >= 15 is 0 Å². The number of thiazole rings is 3. The lowest BCUT2D eigenvalue weighted by Gasteiger charge is -2.21. The lowest BCUT2D eigenvalue weighted by Crippen LogP contribution is -2.30. The Bertz CT molecular complexity index is 5710.